The monoisotopic (exact) mass is 301 g/mol. The van der Waals surface area contributed by atoms with Crippen LogP contribution in [0.1, 0.15) is 24.9 Å². The second kappa shape index (κ2) is 6.86. The fourth-order valence-corrected chi connectivity index (χ4v) is 5.53. The van der Waals surface area contributed by atoms with Gasteiger partial charge < -0.3 is 10.5 Å². The lowest BCUT2D eigenvalue weighted by Crippen LogP contribution is -2.35. The average Bonchev–Trinajstić information content (AvgIpc) is 2.46. The third-order valence-corrected chi connectivity index (χ3v) is 6.78. The third-order valence-electron chi connectivity index (χ3n) is 3.41. The summed E-state index contributed by atoms with van der Waals surface area (Å²) in [5.74, 6) is 2.24. The minimum absolute atomic E-state index is 0.122. The van der Waals surface area contributed by atoms with Crippen LogP contribution in [0.2, 0.25) is 0 Å². The minimum Gasteiger partial charge on any atom is -0.494 e. The van der Waals surface area contributed by atoms with E-state index in [-0.39, 0.29) is 17.6 Å². The Hall–Kier alpha value is -0.390. The van der Waals surface area contributed by atoms with Gasteiger partial charge in [0.1, 0.15) is 0 Å². The van der Waals surface area contributed by atoms with Crippen LogP contribution in [-0.4, -0.2) is 29.1 Å². The molecular weight excluding hydrogens is 281 g/mol. The lowest BCUT2D eigenvalue weighted by atomic mass is 10.0. The van der Waals surface area contributed by atoms with E-state index in [1.54, 1.807) is 6.07 Å². The second-order valence-corrected chi connectivity index (χ2v) is 7.21. The lowest BCUT2D eigenvalue weighted by Gasteiger charge is -2.34. The van der Waals surface area contributed by atoms with Crippen molar-refractivity contribution in [2.75, 3.05) is 18.6 Å². The van der Waals surface area contributed by atoms with Crippen LogP contribution in [-0.2, 0) is 0 Å². The summed E-state index contributed by atoms with van der Waals surface area (Å²) in [5, 5.41) is 0.912. The molecule has 3 unspecified atom stereocenters. The molecule has 1 aliphatic heterocycles. The van der Waals surface area contributed by atoms with Crippen LogP contribution in [0.4, 0.5) is 4.39 Å². The lowest BCUT2D eigenvalue weighted by molar-refractivity contribution is 0.385. The molecule has 1 aromatic rings. The van der Waals surface area contributed by atoms with Gasteiger partial charge in [-0.2, -0.15) is 23.5 Å². The Bertz CT molecular complexity index is 430. The molecule has 0 radical (unpaired) electrons. The van der Waals surface area contributed by atoms with E-state index in [9.17, 15) is 4.39 Å². The first-order valence-corrected chi connectivity index (χ1v) is 8.59. The number of rotatable bonds is 4. The summed E-state index contributed by atoms with van der Waals surface area (Å²) in [5.41, 5.74) is 7.21. The first-order valence-electron chi connectivity index (χ1n) is 6.49. The van der Waals surface area contributed by atoms with Crippen LogP contribution in [0.25, 0.3) is 0 Å². The van der Waals surface area contributed by atoms with Gasteiger partial charge in [-0.25, -0.2) is 4.39 Å². The van der Waals surface area contributed by atoms with Gasteiger partial charge in [0.05, 0.1) is 7.11 Å². The molecule has 1 aromatic carbocycles. The zero-order valence-electron chi connectivity index (χ0n) is 11.3. The fraction of sp³-hybridized carbons (Fsp3) is 0.571. The third kappa shape index (κ3) is 3.38. The van der Waals surface area contributed by atoms with Crippen molar-refractivity contribution in [1.82, 2.24) is 0 Å². The van der Waals surface area contributed by atoms with Crippen molar-refractivity contribution < 1.29 is 9.13 Å². The molecule has 1 fully saturated rings. The highest BCUT2D eigenvalue weighted by Crippen LogP contribution is 2.39. The van der Waals surface area contributed by atoms with E-state index in [2.05, 4.69) is 6.92 Å². The van der Waals surface area contributed by atoms with Crippen molar-refractivity contribution in [2.45, 2.75) is 29.9 Å². The Morgan fingerprint density at radius 1 is 1.42 bits per heavy atom. The van der Waals surface area contributed by atoms with Gasteiger partial charge in [0.25, 0.3) is 0 Å². The number of halogens is 1. The maximum atomic E-state index is 13.8. The number of benzene rings is 1. The van der Waals surface area contributed by atoms with Crippen LogP contribution in [0.15, 0.2) is 18.2 Å². The number of methoxy groups -OCH3 is 1. The molecule has 0 saturated carbocycles. The van der Waals surface area contributed by atoms with Crippen LogP contribution >= 0.6 is 23.5 Å². The van der Waals surface area contributed by atoms with Crippen LogP contribution in [0, 0.1) is 5.82 Å². The first-order chi connectivity index (χ1) is 9.17. The van der Waals surface area contributed by atoms with Crippen LogP contribution in [0.3, 0.4) is 0 Å². The maximum Gasteiger partial charge on any atom is 0.165 e. The van der Waals surface area contributed by atoms with E-state index >= 15 is 0 Å². The molecule has 2 nitrogen and oxygen atoms in total. The molecule has 1 saturated heterocycles. The molecule has 0 spiro atoms. The van der Waals surface area contributed by atoms with Crippen molar-refractivity contribution in [1.29, 1.82) is 0 Å². The highest BCUT2D eigenvalue weighted by molar-refractivity contribution is 8.07. The molecule has 2 rings (SSSR count). The van der Waals surface area contributed by atoms with Gasteiger partial charge in [-0.1, -0.05) is 13.0 Å². The van der Waals surface area contributed by atoms with Gasteiger partial charge in [0, 0.05) is 28.0 Å². The Labute approximate surface area is 122 Å². The standard InChI is InChI=1S/C14H20FNOS2/c1-3-12-14(19-7-6-18-12)13(16)9-4-5-11(17-2)10(15)8-9/h4-5,8,12-14H,3,6-7,16H2,1-2H3. The van der Waals surface area contributed by atoms with E-state index in [4.69, 9.17) is 10.5 Å². The van der Waals surface area contributed by atoms with Crippen molar-refractivity contribution in [2.24, 2.45) is 5.73 Å². The Morgan fingerprint density at radius 2 is 2.16 bits per heavy atom. The predicted octanol–water partition coefficient (Wildman–Crippen LogP) is 3.46. The number of ether oxygens (including phenoxy) is 1. The molecule has 0 aliphatic carbocycles. The van der Waals surface area contributed by atoms with Crippen molar-refractivity contribution in [3.05, 3.63) is 29.6 Å². The first kappa shape index (κ1) is 15.0. The summed E-state index contributed by atoms with van der Waals surface area (Å²) in [7, 11) is 1.47. The van der Waals surface area contributed by atoms with Gasteiger partial charge in [-0.3, -0.25) is 0 Å². The number of hydrogen-bond donors (Lipinski definition) is 1. The van der Waals surface area contributed by atoms with Gasteiger partial charge in [0.2, 0.25) is 0 Å². The molecule has 0 amide bonds. The normalized spacial score (nSPS) is 25.1. The van der Waals surface area contributed by atoms with Gasteiger partial charge in [-0.15, -0.1) is 0 Å². The zero-order chi connectivity index (χ0) is 13.8. The number of hydrogen-bond acceptors (Lipinski definition) is 4. The largest absolute Gasteiger partial charge is 0.494 e. The molecule has 1 heterocycles. The average molecular weight is 301 g/mol. The van der Waals surface area contributed by atoms with Crippen molar-refractivity contribution >= 4 is 23.5 Å². The SMILES string of the molecule is CCC1SCCSC1C(N)c1ccc(OC)c(F)c1. The highest BCUT2D eigenvalue weighted by atomic mass is 32.2. The van der Waals surface area contributed by atoms with Crippen molar-refractivity contribution in [3.8, 4) is 5.75 Å². The molecule has 3 atom stereocenters. The van der Waals surface area contributed by atoms with Crippen LogP contribution in [0.5, 0.6) is 5.75 Å². The topological polar surface area (TPSA) is 35.2 Å². The molecule has 1 aliphatic rings. The predicted molar refractivity (Wildman–Crippen MR) is 82.7 cm³/mol. The summed E-state index contributed by atoms with van der Waals surface area (Å²) < 4.78 is 18.7. The summed E-state index contributed by atoms with van der Waals surface area (Å²) in [4.78, 5) is 0. The molecule has 106 valence electrons. The maximum absolute atomic E-state index is 13.8. The van der Waals surface area contributed by atoms with Gasteiger partial charge >= 0.3 is 0 Å². The fourth-order valence-electron chi connectivity index (χ4n) is 2.35. The molecule has 19 heavy (non-hydrogen) atoms. The summed E-state index contributed by atoms with van der Waals surface area (Å²) in [6, 6.07) is 4.92. The number of thioether (sulfide) groups is 2. The molecular formula is C14H20FNOS2. The number of nitrogens with two attached hydrogens (primary N) is 1. The van der Waals surface area contributed by atoms with Gasteiger partial charge in [0.15, 0.2) is 11.6 Å². The molecule has 5 heteroatoms. The minimum atomic E-state index is -0.336. The van der Waals surface area contributed by atoms with E-state index in [1.807, 2.05) is 29.6 Å². The second-order valence-electron chi connectivity index (χ2n) is 4.57. The summed E-state index contributed by atoms with van der Waals surface area (Å²) in [6.45, 7) is 2.19. The zero-order valence-corrected chi connectivity index (χ0v) is 12.9. The molecule has 0 aromatic heterocycles. The summed E-state index contributed by atoms with van der Waals surface area (Å²) >= 11 is 3.90. The quantitative estimate of drug-likeness (QED) is 0.924. The van der Waals surface area contributed by atoms with Crippen molar-refractivity contribution in [3.63, 3.8) is 0 Å². The Morgan fingerprint density at radius 3 is 2.79 bits per heavy atom. The van der Waals surface area contributed by atoms with Crippen LogP contribution < -0.4 is 10.5 Å². The summed E-state index contributed by atoms with van der Waals surface area (Å²) in [6.07, 6.45) is 1.11. The van der Waals surface area contributed by atoms with E-state index in [0.29, 0.717) is 10.5 Å². The smallest absolute Gasteiger partial charge is 0.165 e. The molecule has 0 bridgehead atoms. The molecule has 2 N–H and O–H groups in total. The van der Waals surface area contributed by atoms with Gasteiger partial charge in [-0.05, 0) is 24.1 Å². The van der Waals surface area contributed by atoms with E-state index in [0.717, 1.165) is 17.7 Å². The Balaban J connectivity index is 2.17. The van der Waals surface area contributed by atoms with E-state index in [1.165, 1.54) is 18.9 Å². The van der Waals surface area contributed by atoms with E-state index < -0.39 is 0 Å². The Kier molecular flexibility index (Phi) is 5.42. The highest BCUT2D eigenvalue weighted by Gasteiger charge is 2.31.